The molecule has 0 spiro atoms. The Hall–Kier alpha value is -2.05. The summed E-state index contributed by atoms with van der Waals surface area (Å²) in [6.45, 7) is 2.29. The first-order chi connectivity index (χ1) is 13.2. The lowest BCUT2D eigenvalue weighted by Gasteiger charge is -2.26. The monoisotopic (exact) mass is 389 g/mol. The van der Waals surface area contributed by atoms with E-state index < -0.39 is 0 Å². The summed E-state index contributed by atoms with van der Waals surface area (Å²) in [5, 5.41) is 7.66. The predicted molar refractivity (Wildman–Crippen MR) is 105 cm³/mol. The van der Waals surface area contributed by atoms with Crippen LogP contribution in [0.1, 0.15) is 32.1 Å². The Bertz CT molecular complexity index is 827. The largest absolute Gasteiger partial charge is 0.490 e. The lowest BCUT2D eigenvalue weighted by atomic mass is 9.96. The van der Waals surface area contributed by atoms with E-state index in [1.54, 1.807) is 6.20 Å². The average molecular weight is 390 g/mol. The van der Waals surface area contributed by atoms with Crippen molar-refractivity contribution < 1.29 is 9.47 Å². The summed E-state index contributed by atoms with van der Waals surface area (Å²) in [5.41, 5.74) is 0.887. The van der Waals surface area contributed by atoms with Gasteiger partial charge in [0, 0.05) is 13.2 Å². The molecular formula is C20H24ClN3O3. The second-order valence-electron chi connectivity index (χ2n) is 7.22. The van der Waals surface area contributed by atoms with Crippen molar-refractivity contribution in [1.82, 2.24) is 9.78 Å². The van der Waals surface area contributed by atoms with E-state index in [1.165, 1.54) is 11.1 Å². The van der Waals surface area contributed by atoms with Gasteiger partial charge in [-0.15, -0.1) is 0 Å². The van der Waals surface area contributed by atoms with Crippen LogP contribution in [0.15, 0.2) is 35.3 Å². The molecule has 2 aromatic rings. The Kier molecular flexibility index (Phi) is 5.64. The second kappa shape index (κ2) is 8.31. The molecule has 1 aromatic heterocycles. The highest BCUT2D eigenvalue weighted by Gasteiger charge is 2.19. The van der Waals surface area contributed by atoms with Crippen molar-refractivity contribution in [2.75, 3.05) is 25.1 Å². The smallest absolute Gasteiger partial charge is 0.292 e. The van der Waals surface area contributed by atoms with Gasteiger partial charge in [-0.25, -0.2) is 0 Å². The van der Waals surface area contributed by atoms with E-state index in [2.05, 4.69) is 10.4 Å². The summed E-state index contributed by atoms with van der Waals surface area (Å²) in [5.74, 6) is 1.25. The maximum Gasteiger partial charge on any atom is 0.292 e. The first-order valence-corrected chi connectivity index (χ1v) is 9.95. The van der Waals surface area contributed by atoms with Crippen molar-refractivity contribution in [2.24, 2.45) is 5.92 Å². The van der Waals surface area contributed by atoms with Crippen LogP contribution in [0.4, 0.5) is 5.69 Å². The summed E-state index contributed by atoms with van der Waals surface area (Å²) in [6.07, 6.45) is 7.57. The molecule has 27 heavy (non-hydrogen) atoms. The van der Waals surface area contributed by atoms with E-state index >= 15 is 0 Å². The van der Waals surface area contributed by atoms with Crippen LogP contribution in [0, 0.1) is 5.92 Å². The third kappa shape index (κ3) is 4.28. The highest BCUT2D eigenvalue weighted by Crippen LogP contribution is 2.26. The summed E-state index contributed by atoms with van der Waals surface area (Å²) in [7, 11) is 0. The molecule has 0 amide bonds. The molecule has 0 bridgehead atoms. The Labute approximate surface area is 163 Å². The van der Waals surface area contributed by atoms with Crippen molar-refractivity contribution in [3.63, 3.8) is 0 Å². The molecule has 2 heterocycles. The van der Waals surface area contributed by atoms with Crippen molar-refractivity contribution in [2.45, 2.75) is 38.2 Å². The fourth-order valence-electron chi connectivity index (χ4n) is 3.31. The minimum atomic E-state index is -0.339. The summed E-state index contributed by atoms with van der Waals surface area (Å²) in [4.78, 5) is 12.6. The number of ether oxygens (including phenoxy) is 2. The highest BCUT2D eigenvalue weighted by molar-refractivity contribution is 6.32. The van der Waals surface area contributed by atoms with Crippen molar-refractivity contribution in [3.05, 3.63) is 45.8 Å². The minimum Gasteiger partial charge on any atom is -0.490 e. The maximum atomic E-state index is 12.6. The van der Waals surface area contributed by atoms with Gasteiger partial charge in [0.25, 0.3) is 5.56 Å². The number of hydrogen-bond donors (Lipinski definition) is 1. The van der Waals surface area contributed by atoms with Gasteiger partial charge in [0.05, 0.1) is 30.3 Å². The molecule has 4 rings (SSSR count). The normalized spacial score (nSPS) is 20.1. The molecule has 1 N–H and O–H groups in total. The van der Waals surface area contributed by atoms with Gasteiger partial charge >= 0.3 is 0 Å². The molecule has 1 atom stereocenters. The van der Waals surface area contributed by atoms with Gasteiger partial charge in [-0.05, 0) is 62.3 Å². The van der Waals surface area contributed by atoms with Crippen molar-refractivity contribution in [3.8, 4) is 11.4 Å². The zero-order chi connectivity index (χ0) is 18.6. The Morgan fingerprint density at radius 2 is 2.04 bits per heavy atom. The molecule has 1 saturated heterocycles. The van der Waals surface area contributed by atoms with Crippen LogP contribution in [0.3, 0.4) is 0 Å². The maximum absolute atomic E-state index is 12.6. The molecule has 144 valence electrons. The number of benzene rings is 1. The molecule has 2 fully saturated rings. The average Bonchev–Trinajstić information content (AvgIpc) is 2.67. The lowest BCUT2D eigenvalue weighted by molar-refractivity contribution is 0.0595. The van der Waals surface area contributed by atoms with Crippen LogP contribution in [-0.2, 0) is 4.74 Å². The van der Waals surface area contributed by atoms with Crippen molar-refractivity contribution >= 4 is 17.3 Å². The second-order valence-corrected chi connectivity index (χ2v) is 7.60. The van der Waals surface area contributed by atoms with Gasteiger partial charge in [0.1, 0.15) is 10.8 Å². The van der Waals surface area contributed by atoms with E-state index in [-0.39, 0.29) is 10.6 Å². The number of nitrogens with zero attached hydrogens (tertiary/aromatic N) is 2. The number of hydrogen-bond acceptors (Lipinski definition) is 5. The van der Waals surface area contributed by atoms with Gasteiger partial charge < -0.3 is 14.8 Å². The zero-order valence-corrected chi connectivity index (χ0v) is 16.0. The minimum absolute atomic E-state index is 0.150. The van der Waals surface area contributed by atoms with Crippen LogP contribution in [0.5, 0.6) is 5.75 Å². The predicted octanol–water partition coefficient (Wildman–Crippen LogP) is 3.66. The van der Waals surface area contributed by atoms with Crippen LogP contribution in [-0.4, -0.2) is 35.6 Å². The van der Waals surface area contributed by atoms with E-state index in [9.17, 15) is 4.79 Å². The third-order valence-electron chi connectivity index (χ3n) is 5.19. The van der Waals surface area contributed by atoms with Crippen molar-refractivity contribution in [1.29, 1.82) is 0 Å². The summed E-state index contributed by atoms with van der Waals surface area (Å²) >= 11 is 6.30. The van der Waals surface area contributed by atoms with Crippen LogP contribution >= 0.6 is 11.6 Å². The Balaban J connectivity index is 1.45. The van der Waals surface area contributed by atoms with Crippen LogP contribution < -0.4 is 15.6 Å². The number of rotatable bonds is 6. The first-order valence-electron chi connectivity index (χ1n) is 9.57. The van der Waals surface area contributed by atoms with Crippen LogP contribution in [0.25, 0.3) is 5.69 Å². The number of halogens is 1. The Morgan fingerprint density at radius 3 is 2.70 bits per heavy atom. The molecule has 0 radical (unpaired) electrons. The van der Waals surface area contributed by atoms with E-state index in [0.29, 0.717) is 23.4 Å². The van der Waals surface area contributed by atoms with Gasteiger partial charge in [0.2, 0.25) is 0 Å². The van der Waals surface area contributed by atoms with E-state index in [1.807, 2.05) is 24.3 Å². The molecule has 7 heteroatoms. The highest BCUT2D eigenvalue weighted by atomic mass is 35.5. The molecule has 1 aliphatic carbocycles. The number of anilines is 1. The van der Waals surface area contributed by atoms with Gasteiger partial charge in [0.15, 0.2) is 0 Å². The first kappa shape index (κ1) is 18.3. The third-order valence-corrected chi connectivity index (χ3v) is 5.56. The number of aromatic nitrogens is 2. The Morgan fingerprint density at radius 1 is 1.22 bits per heavy atom. The van der Waals surface area contributed by atoms with Gasteiger partial charge in [-0.3, -0.25) is 4.79 Å². The molecular weight excluding hydrogens is 366 g/mol. The molecule has 1 aliphatic heterocycles. The molecule has 6 nitrogen and oxygen atoms in total. The van der Waals surface area contributed by atoms with Gasteiger partial charge in [-0.1, -0.05) is 11.6 Å². The number of nitrogens with one attached hydrogen (secondary N) is 1. The topological polar surface area (TPSA) is 65.4 Å². The summed E-state index contributed by atoms with van der Waals surface area (Å²) in [6, 6.07) is 7.38. The SMILES string of the molecule is O=c1c(Cl)c(NC[C@H]2CCCOC2)cnn1-c1ccc(OC2CCC2)cc1. The fourth-order valence-corrected chi connectivity index (χ4v) is 3.51. The standard InChI is InChI=1S/C20H24ClN3O3/c21-19-18(22-11-14-3-2-10-26-13-14)12-23-24(20(19)25)15-6-8-17(9-7-15)27-16-4-1-5-16/h6-9,12,14,16,22H,1-5,10-11,13H2/t14-/m1/s1. The van der Waals surface area contributed by atoms with E-state index in [0.717, 1.165) is 51.2 Å². The van der Waals surface area contributed by atoms with Crippen LogP contribution in [0.2, 0.25) is 5.02 Å². The molecule has 0 unspecified atom stereocenters. The zero-order valence-electron chi connectivity index (χ0n) is 15.2. The quantitative estimate of drug-likeness (QED) is 0.816. The molecule has 1 aromatic carbocycles. The lowest BCUT2D eigenvalue weighted by Crippen LogP contribution is -2.27. The molecule has 2 aliphatic rings. The molecule has 1 saturated carbocycles. The fraction of sp³-hybridized carbons (Fsp3) is 0.500. The van der Waals surface area contributed by atoms with E-state index in [4.69, 9.17) is 21.1 Å². The van der Waals surface area contributed by atoms with Gasteiger partial charge in [-0.2, -0.15) is 9.78 Å². The summed E-state index contributed by atoms with van der Waals surface area (Å²) < 4.78 is 12.6.